The number of carbonyl (C=O) groups is 1. The number of carbonyl (C=O) groups excluding carboxylic acids is 1. The minimum atomic E-state index is -0.137. The number of nitrogens with zero attached hydrogens (tertiary/aromatic N) is 1. The first-order valence-corrected chi connectivity index (χ1v) is 7.89. The Labute approximate surface area is 123 Å². The van der Waals surface area contributed by atoms with Gasteiger partial charge in [-0.2, -0.15) is 0 Å². The van der Waals surface area contributed by atoms with E-state index in [4.69, 9.17) is 23.2 Å². The molecule has 0 amide bonds. The van der Waals surface area contributed by atoms with Crippen LogP contribution in [0.3, 0.4) is 0 Å². The highest BCUT2D eigenvalue weighted by atomic mass is 35.5. The first-order valence-electron chi connectivity index (χ1n) is 5.11. The van der Waals surface area contributed by atoms with Gasteiger partial charge in [-0.05, 0) is 12.1 Å². The van der Waals surface area contributed by atoms with Crippen molar-refractivity contribution < 1.29 is 4.79 Å². The largest absolute Gasteiger partial charge is 0.291 e. The molecule has 0 atom stereocenters. The van der Waals surface area contributed by atoms with Crippen LogP contribution in [0.1, 0.15) is 15.5 Å². The van der Waals surface area contributed by atoms with Gasteiger partial charge in [-0.1, -0.05) is 23.7 Å². The Morgan fingerprint density at radius 2 is 2.17 bits per heavy atom. The molecular formula is C12H9Cl2NOS2. The minimum absolute atomic E-state index is 0.0270. The number of halogens is 2. The minimum Gasteiger partial charge on any atom is -0.291 e. The Balaban J connectivity index is 2.01. The number of alkyl halides is 1. The van der Waals surface area contributed by atoms with E-state index < -0.39 is 0 Å². The highest BCUT2D eigenvalue weighted by Crippen LogP contribution is 2.30. The third-order valence-electron chi connectivity index (χ3n) is 2.15. The second-order valence-corrected chi connectivity index (χ2v) is 6.04. The Morgan fingerprint density at radius 3 is 2.89 bits per heavy atom. The van der Waals surface area contributed by atoms with Crippen LogP contribution >= 0.6 is 46.3 Å². The highest BCUT2D eigenvalue weighted by Gasteiger charge is 2.10. The second-order valence-electron chi connectivity index (χ2n) is 3.40. The summed E-state index contributed by atoms with van der Waals surface area (Å²) in [4.78, 5) is 16.6. The topological polar surface area (TPSA) is 30.0 Å². The van der Waals surface area contributed by atoms with Crippen LogP contribution in [0.4, 0.5) is 0 Å². The molecule has 6 heteroatoms. The van der Waals surface area contributed by atoms with Crippen LogP contribution in [0.5, 0.6) is 0 Å². The number of thioether (sulfide) groups is 1. The molecule has 0 aliphatic heterocycles. The van der Waals surface area contributed by atoms with Crippen LogP contribution in [-0.2, 0) is 5.75 Å². The summed E-state index contributed by atoms with van der Waals surface area (Å²) >= 11 is 14.6. The van der Waals surface area contributed by atoms with Gasteiger partial charge in [-0.15, -0.1) is 34.7 Å². The van der Waals surface area contributed by atoms with Gasteiger partial charge in [0.15, 0.2) is 5.78 Å². The fraction of sp³-hybridized carbons (Fsp3) is 0.167. The van der Waals surface area contributed by atoms with Gasteiger partial charge in [0.05, 0.1) is 16.7 Å². The first kappa shape index (κ1) is 13.9. The average molecular weight is 318 g/mol. The molecular weight excluding hydrogens is 309 g/mol. The summed E-state index contributed by atoms with van der Waals surface area (Å²) < 4.78 is 0. The molecule has 1 heterocycles. The van der Waals surface area contributed by atoms with Crippen LogP contribution in [0.25, 0.3) is 0 Å². The fourth-order valence-corrected chi connectivity index (χ4v) is 3.47. The van der Waals surface area contributed by atoms with Gasteiger partial charge in [0, 0.05) is 10.3 Å². The molecule has 0 fully saturated rings. The molecule has 0 aliphatic rings. The van der Waals surface area contributed by atoms with Gasteiger partial charge in [0.1, 0.15) is 10.7 Å². The van der Waals surface area contributed by atoms with E-state index in [2.05, 4.69) is 4.98 Å². The van der Waals surface area contributed by atoms with Crippen LogP contribution in [0.2, 0.25) is 5.02 Å². The fourth-order valence-electron chi connectivity index (χ4n) is 1.27. The molecule has 0 saturated carbocycles. The van der Waals surface area contributed by atoms with E-state index in [1.54, 1.807) is 17.1 Å². The van der Waals surface area contributed by atoms with Gasteiger partial charge in [-0.3, -0.25) is 4.79 Å². The molecule has 2 nitrogen and oxygen atoms in total. The number of Topliss-reactive ketones (excluding diaryl/α,β-unsaturated/α-hetero) is 1. The summed E-state index contributed by atoms with van der Waals surface area (Å²) in [5, 5.41) is 3.37. The monoisotopic (exact) mass is 317 g/mol. The van der Waals surface area contributed by atoms with Gasteiger partial charge < -0.3 is 0 Å². The van der Waals surface area contributed by atoms with E-state index in [1.807, 2.05) is 24.3 Å². The number of benzene rings is 1. The van der Waals surface area contributed by atoms with Crippen LogP contribution in [0.15, 0.2) is 34.5 Å². The van der Waals surface area contributed by atoms with Crippen LogP contribution < -0.4 is 0 Å². The van der Waals surface area contributed by atoms with E-state index in [0.29, 0.717) is 11.4 Å². The summed E-state index contributed by atoms with van der Waals surface area (Å²) in [5.74, 6) is 0.534. The Hall–Kier alpha value is -0.550. The maximum absolute atomic E-state index is 11.3. The summed E-state index contributed by atoms with van der Waals surface area (Å²) in [6, 6.07) is 7.66. The Bertz CT molecular complexity index is 557. The molecule has 0 N–H and O–H groups in total. The van der Waals surface area contributed by atoms with Crippen molar-refractivity contribution >= 4 is 52.1 Å². The SMILES string of the molecule is O=C(CCl)c1csc(CSc2ccccc2Cl)n1. The first-order chi connectivity index (χ1) is 8.70. The number of ketones is 1. The molecule has 2 aromatic rings. The quantitative estimate of drug-likeness (QED) is 0.461. The number of hydrogen-bond acceptors (Lipinski definition) is 4. The molecule has 18 heavy (non-hydrogen) atoms. The molecule has 0 radical (unpaired) electrons. The molecule has 0 saturated heterocycles. The Kier molecular flexibility index (Phi) is 5.06. The summed E-state index contributed by atoms with van der Waals surface area (Å²) in [5.41, 5.74) is 0.449. The molecule has 0 aliphatic carbocycles. The van der Waals surface area contributed by atoms with Crippen molar-refractivity contribution in [3.63, 3.8) is 0 Å². The van der Waals surface area contributed by atoms with E-state index in [1.165, 1.54) is 11.3 Å². The third-order valence-corrected chi connectivity index (χ3v) is 4.95. The summed E-state index contributed by atoms with van der Waals surface area (Å²) in [6.45, 7) is 0. The standard InChI is InChI=1S/C12H9Cl2NOS2/c13-5-10(16)9-6-18-12(15-9)7-17-11-4-2-1-3-8(11)14/h1-4,6H,5,7H2. The highest BCUT2D eigenvalue weighted by molar-refractivity contribution is 7.98. The maximum atomic E-state index is 11.3. The lowest BCUT2D eigenvalue weighted by Gasteiger charge is -2.01. The van der Waals surface area contributed by atoms with Crippen LogP contribution in [0, 0.1) is 0 Å². The summed E-state index contributed by atoms with van der Waals surface area (Å²) in [6.07, 6.45) is 0. The molecule has 2 rings (SSSR count). The Morgan fingerprint density at radius 1 is 1.39 bits per heavy atom. The van der Waals surface area contributed by atoms with Crippen molar-refractivity contribution in [1.82, 2.24) is 4.98 Å². The van der Waals surface area contributed by atoms with Gasteiger partial charge in [0.2, 0.25) is 0 Å². The van der Waals surface area contributed by atoms with Gasteiger partial charge in [0.25, 0.3) is 0 Å². The maximum Gasteiger partial charge on any atom is 0.196 e. The normalized spacial score (nSPS) is 10.6. The predicted molar refractivity (Wildman–Crippen MR) is 78.2 cm³/mol. The molecule has 94 valence electrons. The summed E-state index contributed by atoms with van der Waals surface area (Å²) in [7, 11) is 0. The van der Waals surface area contributed by atoms with Crippen molar-refractivity contribution in [3.05, 3.63) is 45.4 Å². The number of hydrogen-bond donors (Lipinski definition) is 0. The second kappa shape index (κ2) is 6.57. The molecule has 0 spiro atoms. The van der Waals surface area contributed by atoms with E-state index in [9.17, 15) is 4.79 Å². The molecule has 1 aromatic heterocycles. The van der Waals surface area contributed by atoms with Crippen molar-refractivity contribution in [3.8, 4) is 0 Å². The smallest absolute Gasteiger partial charge is 0.196 e. The average Bonchev–Trinajstić information content (AvgIpc) is 2.86. The van der Waals surface area contributed by atoms with Crippen molar-refractivity contribution in [2.75, 3.05) is 5.88 Å². The van der Waals surface area contributed by atoms with E-state index in [-0.39, 0.29) is 11.7 Å². The molecule has 0 unspecified atom stereocenters. The van der Waals surface area contributed by atoms with Gasteiger partial charge in [-0.25, -0.2) is 4.98 Å². The number of rotatable bonds is 5. The van der Waals surface area contributed by atoms with Crippen molar-refractivity contribution in [1.29, 1.82) is 0 Å². The third kappa shape index (κ3) is 3.48. The zero-order valence-corrected chi connectivity index (χ0v) is 12.4. The van der Waals surface area contributed by atoms with E-state index in [0.717, 1.165) is 14.9 Å². The van der Waals surface area contributed by atoms with Crippen LogP contribution in [-0.4, -0.2) is 16.6 Å². The zero-order chi connectivity index (χ0) is 13.0. The lowest BCUT2D eigenvalue weighted by atomic mass is 10.3. The number of aromatic nitrogens is 1. The van der Waals surface area contributed by atoms with E-state index >= 15 is 0 Å². The van der Waals surface area contributed by atoms with Gasteiger partial charge >= 0.3 is 0 Å². The predicted octanol–water partition coefficient (Wildman–Crippen LogP) is 4.51. The lowest BCUT2D eigenvalue weighted by molar-refractivity contribution is 0.101. The van der Waals surface area contributed by atoms with Crippen molar-refractivity contribution in [2.24, 2.45) is 0 Å². The number of thiazole rings is 1. The molecule has 1 aromatic carbocycles. The zero-order valence-electron chi connectivity index (χ0n) is 9.23. The molecule has 0 bridgehead atoms. The van der Waals surface area contributed by atoms with Crippen molar-refractivity contribution in [2.45, 2.75) is 10.6 Å². The lowest BCUT2D eigenvalue weighted by Crippen LogP contribution is -2.00.